The van der Waals surface area contributed by atoms with E-state index in [-0.39, 0.29) is 17.7 Å². The fourth-order valence-corrected chi connectivity index (χ4v) is 2.51. The molecule has 0 aliphatic rings. The summed E-state index contributed by atoms with van der Waals surface area (Å²) in [6.45, 7) is 1.92. The van der Waals surface area contributed by atoms with E-state index in [1.54, 1.807) is 25.1 Å². The summed E-state index contributed by atoms with van der Waals surface area (Å²) in [4.78, 5) is 23.8. The Bertz CT molecular complexity index is 887. The van der Waals surface area contributed by atoms with Crippen LogP contribution in [0.3, 0.4) is 0 Å². The summed E-state index contributed by atoms with van der Waals surface area (Å²) in [5.74, 6) is -0.535. The molecule has 1 aromatic heterocycles. The second-order valence-electron chi connectivity index (χ2n) is 4.77. The fraction of sp³-hybridized carbons (Fsp3) is 0.200. The Morgan fingerprint density at radius 1 is 1.26 bits per heavy atom. The van der Waals surface area contributed by atoms with Crippen LogP contribution in [-0.4, -0.2) is 31.8 Å². The van der Waals surface area contributed by atoms with E-state index in [0.29, 0.717) is 11.4 Å². The van der Waals surface area contributed by atoms with Gasteiger partial charge in [0, 0.05) is 12.3 Å². The lowest BCUT2D eigenvalue weighted by molar-refractivity contribution is 0.0525. The molecule has 0 fully saturated rings. The Balaban J connectivity index is 2.45. The molecule has 0 saturated heterocycles. The van der Waals surface area contributed by atoms with Crippen LogP contribution in [0.5, 0.6) is 0 Å². The van der Waals surface area contributed by atoms with Gasteiger partial charge in [0.25, 0.3) is 5.56 Å². The molecule has 1 heterocycles. The molecule has 0 saturated carbocycles. The van der Waals surface area contributed by atoms with E-state index in [0.717, 1.165) is 6.26 Å². The summed E-state index contributed by atoms with van der Waals surface area (Å²) in [5, 5.41) is 0. The maximum absolute atomic E-state index is 12.0. The number of esters is 1. The van der Waals surface area contributed by atoms with Crippen LogP contribution in [0, 0.1) is 0 Å². The van der Waals surface area contributed by atoms with Gasteiger partial charge in [-0.3, -0.25) is 14.1 Å². The first kappa shape index (κ1) is 16.8. The zero-order valence-corrected chi connectivity index (χ0v) is 13.5. The molecule has 0 atom stereocenters. The van der Waals surface area contributed by atoms with Gasteiger partial charge >= 0.3 is 5.97 Å². The smallest absolute Gasteiger partial charge is 0.339 e. The van der Waals surface area contributed by atoms with Crippen molar-refractivity contribution in [1.82, 2.24) is 4.57 Å². The average molecular weight is 336 g/mol. The summed E-state index contributed by atoms with van der Waals surface area (Å²) >= 11 is 0. The van der Waals surface area contributed by atoms with E-state index in [4.69, 9.17) is 4.74 Å². The Morgan fingerprint density at radius 3 is 2.65 bits per heavy atom. The van der Waals surface area contributed by atoms with E-state index in [1.165, 1.54) is 29.0 Å². The molecule has 1 aromatic carbocycles. The largest absolute Gasteiger partial charge is 0.462 e. The monoisotopic (exact) mass is 336 g/mol. The molecule has 0 bridgehead atoms. The van der Waals surface area contributed by atoms with Crippen molar-refractivity contribution in [2.75, 3.05) is 17.6 Å². The molecule has 0 aliphatic heterocycles. The first-order valence-corrected chi connectivity index (χ1v) is 8.67. The van der Waals surface area contributed by atoms with Crippen LogP contribution < -0.4 is 10.3 Å². The van der Waals surface area contributed by atoms with Crippen molar-refractivity contribution < 1.29 is 17.9 Å². The number of nitrogens with one attached hydrogen (secondary N) is 1. The standard InChI is InChI=1S/C15H16N2O5S/c1-3-22-15(19)11-7-8-14(18)17(10-11)13-6-4-5-12(9-13)16-23(2,20)21/h4-10,16H,3H2,1-2H3. The molecule has 2 aromatic rings. The fourth-order valence-electron chi connectivity index (χ4n) is 1.96. The van der Waals surface area contributed by atoms with Crippen LogP contribution >= 0.6 is 0 Å². The topological polar surface area (TPSA) is 94.5 Å². The number of pyridine rings is 1. The summed E-state index contributed by atoms with van der Waals surface area (Å²) in [5.41, 5.74) is 0.621. The molecule has 0 amide bonds. The summed E-state index contributed by atoms with van der Waals surface area (Å²) in [6.07, 6.45) is 2.40. The molecule has 1 N–H and O–H groups in total. The van der Waals surface area contributed by atoms with E-state index in [9.17, 15) is 18.0 Å². The molecule has 0 spiro atoms. The van der Waals surface area contributed by atoms with Crippen LogP contribution in [0.15, 0.2) is 47.4 Å². The highest BCUT2D eigenvalue weighted by molar-refractivity contribution is 7.92. The highest BCUT2D eigenvalue weighted by atomic mass is 32.2. The zero-order chi connectivity index (χ0) is 17.0. The first-order chi connectivity index (χ1) is 10.8. The Labute approximate surface area is 133 Å². The number of carbonyl (C=O) groups is 1. The SMILES string of the molecule is CCOC(=O)c1ccc(=O)n(-c2cccc(NS(C)(=O)=O)c2)c1. The second-order valence-corrected chi connectivity index (χ2v) is 6.52. The lowest BCUT2D eigenvalue weighted by Crippen LogP contribution is -2.19. The van der Waals surface area contributed by atoms with E-state index < -0.39 is 16.0 Å². The van der Waals surface area contributed by atoms with Crippen molar-refractivity contribution in [1.29, 1.82) is 0 Å². The number of benzene rings is 1. The number of carbonyl (C=O) groups excluding carboxylic acids is 1. The molecule has 8 heteroatoms. The zero-order valence-electron chi connectivity index (χ0n) is 12.6. The summed E-state index contributed by atoms with van der Waals surface area (Å²) < 4.78 is 31.1. The van der Waals surface area contributed by atoms with Gasteiger partial charge in [-0.2, -0.15) is 0 Å². The van der Waals surface area contributed by atoms with Crippen LogP contribution in [-0.2, 0) is 14.8 Å². The number of nitrogens with zero attached hydrogens (tertiary/aromatic N) is 1. The molecule has 7 nitrogen and oxygen atoms in total. The van der Waals surface area contributed by atoms with Crippen LogP contribution in [0.2, 0.25) is 0 Å². The number of ether oxygens (including phenoxy) is 1. The lowest BCUT2D eigenvalue weighted by Gasteiger charge is -2.10. The number of aromatic nitrogens is 1. The molecule has 0 unspecified atom stereocenters. The van der Waals surface area contributed by atoms with Gasteiger partial charge in [-0.1, -0.05) is 6.07 Å². The molecular formula is C15H16N2O5S. The third kappa shape index (κ3) is 4.43. The maximum Gasteiger partial charge on any atom is 0.339 e. The summed E-state index contributed by atoms with van der Waals surface area (Å²) in [6, 6.07) is 8.93. The number of anilines is 1. The average Bonchev–Trinajstić information content (AvgIpc) is 2.46. The van der Waals surface area contributed by atoms with Crippen LogP contribution in [0.4, 0.5) is 5.69 Å². The van der Waals surface area contributed by atoms with E-state index in [1.807, 2.05) is 0 Å². The Morgan fingerprint density at radius 2 is 2.00 bits per heavy atom. The minimum absolute atomic E-state index is 0.228. The van der Waals surface area contributed by atoms with Crippen LogP contribution in [0.25, 0.3) is 5.69 Å². The Kier molecular flexibility index (Phi) is 4.85. The molecule has 0 radical (unpaired) electrons. The highest BCUT2D eigenvalue weighted by Crippen LogP contribution is 2.15. The number of sulfonamides is 1. The maximum atomic E-state index is 12.0. The second kappa shape index (κ2) is 6.66. The third-order valence-electron chi connectivity index (χ3n) is 2.85. The van der Waals surface area contributed by atoms with E-state index in [2.05, 4.69) is 4.72 Å². The molecule has 23 heavy (non-hydrogen) atoms. The molecular weight excluding hydrogens is 320 g/mol. The van der Waals surface area contributed by atoms with Gasteiger partial charge in [-0.05, 0) is 31.2 Å². The van der Waals surface area contributed by atoms with Gasteiger partial charge in [0.05, 0.1) is 29.8 Å². The summed E-state index contributed by atoms with van der Waals surface area (Å²) in [7, 11) is -3.43. The number of hydrogen-bond acceptors (Lipinski definition) is 5. The highest BCUT2D eigenvalue weighted by Gasteiger charge is 2.10. The third-order valence-corrected chi connectivity index (χ3v) is 3.46. The van der Waals surface area contributed by atoms with Crippen molar-refractivity contribution in [2.24, 2.45) is 0 Å². The van der Waals surface area contributed by atoms with Gasteiger partial charge in [0.1, 0.15) is 0 Å². The predicted molar refractivity (Wildman–Crippen MR) is 86.5 cm³/mol. The molecule has 2 rings (SSSR count). The van der Waals surface area contributed by atoms with Gasteiger partial charge in [-0.25, -0.2) is 13.2 Å². The normalized spacial score (nSPS) is 11.0. The van der Waals surface area contributed by atoms with Crippen LogP contribution in [0.1, 0.15) is 17.3 Å². The lowest BCUT2D eigenvalue weighted by atomic mass is 10.2. The molecule has 122 valence electrons. The number of rotatable bonds is 5. The van der Waals surface area contributed by atoms with Crippen molar-refractivity contribution in [3.63, 3.8) is 0 Å². The van der Waals surface area contributed by atoms with Crippen molar-refractivity contribution in [2.45, 2.75) is 6.92 Å². The minimum Gasteiger partial charge on any atom is -0.462 e. The van der Waals surface area contributed by atoms with Gasteiger partial charge < -0.3 is 4.74 Å². The van der Waals surface area contributed by atoms with Gasteiger partial charge in [0.2, 0.25) is 10.0 Å². The molecule has 0 aliphatic carbocycles. The van der Waals surface area contributed by atoms with Gasteiger partial charge in [-0.15, -0.1) is 0 Å². The minimum atomic E-state index is -3.43. The quantitative estimate of drug-likeness (QED) is 0.833. The first-order valence-electron chi connectivity index (χ1n) is 6.78. The predicted octanol–water partition coefficient (Wildman–Crippen LogP) is 1.39. The Hall–Kier alpha value is -2.61. The van der Waals surface area contributed by atoms with Crippen molar-refractivity contribution in [3.8, 4) is 5.69 Å². The van der Waals surface area contributed by atoms with Gasteiger partial charge in [0.15, 0.2) is 0 Å². The van der Waals surface area contributed by atoms with Crippen molar-refractivity contribution >= 4 is 21.7 Å². The van der Waals surface area contributed by atoms with Crippen molar-refractivity contribution in [3.05, 3.63) is 58.5 Å². The number of hydrogen-bond donors (Lipinski definition) is 1. The van der Waals surface area contributed by atoms with E-state index >= 15 is 0 Å².